The lowest BCUT2D eigenvalue weighted by atomic mass is 9.96. The van der Waals surface area contributed by atoms with Crippen LogP contribution in [0.4, 0.5) is 5.69 Å². The number of amidine groups is 1. The van der Waals surface area contributed by atoms with Crippen LogP contribution in [0.15, 0.2) is 40.5 Å². The maximum Gasteiger partial charge on any atom is 0.338 e. The van der Waals surface area contributed by atoms with Gasteiger partial charge in [-0.15, -0.1) is 0 Å². The first-order valence-corrected chi connectivity index (χ1v) is 9.13. The topological polar surface area (TPSA) is 45.1 Å². The third kappa shape index (κ3) is 3.59. The Morgan fingerprint density at radius 3 is 2.46 bits per heavy atom. The van der Waals surface area contributed by atoms with Crippen molar-refractivity contribution >= 4 is 28.6 Å². The van der Waals surface area contributed by atoms with Gasteiger partial charge in [0.2, 0.25) is 0 Å². The second-order valence-corrected chi connectivity index (χ2v) is 6.56. The van der Waals surface area contributed by atoms with Crippen molar-refractivity contribution in [3.63, 3.8) is 0 Å². The van der Waals surface area contributed by atoms with Gasteiger partial charge in [0.1, 0.15) is 6.04 Å². The molecular weight excluding hydrogens is 322 g/mol. The Morgan fingerprint density at radius 1 is 1.33 bits per heavy atom. The number of benzene rings is 1. The van der Waals surface area contributed by atoms with E-state index in [0.29, 0.717) is 12.2 Å². The molecule has 1 unspecified atom stereocenters. The van der Waals surface area contributed by atoms with Crippen molar-refractivity contribution in [3.8, 4) is 0 Å². The first-order chi connectivity index (χ1) is 11.4. The molecule has 1 heterocycles. The summed E-state index contributed by atoms with van der Waals surface area (Å²) in [6.07, 6.45) is 1.99. The minimum absolute atomic E-state index is 0.299. The molecule has 0 spiro atoms. The van der Waals surface area contributed by atoms with Gasteiger partial charge in [0.25, 0.3) is 0 Å². The first-order valence-electron chi connectivity index (χ1n) is 7.91. The van der Waals surface area contributed by atoms with E-state index < -0.39 is 0 Å². The van der Waals surface area contributed by atoms with E-state index >= 15 is 0 Å². The molecule has 0 bridgehead atoms. The fraction of sp³-hybridized carbons (Fsp3) is 0.444. The van der Waals surface area contributed by atoms with Crippen LogP contribution >= 0.6 is 11.8 Å². The van der Waals surface area contributed by atoms with Gasteiger partial charge >= 0.3 is 5.97 Å². The van der Waals surface area contributed by atoms with Crippen LogP contribution in [0.5, 0.6) is 0 Å². The van der Waals surface area contributed by atoms with Gasteiger partial charge in [-0.1, -0.05) is 23.9 Å². The summed E-state index contributed by atoms with van der Waals surface area (Å²) in [4.78, 5) is 21.3. The summed E-state index contributed by atoms with van der Waals surface area (Å²) < 4.78 is 5.27. The molecule has 0 saturated carbocycles. The Balaban J connectivity index is 2.49. The highest BCUT2D eigenvalue weighted by Crippen LogP contribution is 2.36. The van der Waals surface area contributed by atoms with Crippen LogP contribution in [-0.2, 0) is 9.53 Å². The summed E-state index contributed by atoms with van der Waals surface area (Å²) >= 11 is 1.57. The van der Waals surface area contributed by atoms with E-state index in [2.05, 4.69) is 0 Å². The molecule has 0 radical (unpaired) electrons. The number of thioether (sulfide) groups is 1. The monoisotopic (exact) mass is 347 g/mol. The van der Waals surface area contributed by atoms with E-state index in [1.165, 1.54) is 0 Å². The number of hydrogen-bond donors (Lipinski definition) is 0. The number of rotatable bonds is 4. The number of carbonyl (C=O) groups is 1. The van der Waals surface area contributed by atoms with Gasteiger partial charge in [0.15, 0.2) is 5.17 Å². The zero-order valence-electron chi connectivity index (χ0n) is 15.2. The van der Waals surface area contributed by atoms with Crippen molar-refractivity contribution in [3.05, 3.63) is 41.1 Å². The Hall–Kier alpha value is -1.95. The second-order valence-electron chi connectivity index (χ2n) is 5.78. The summed E-state index contributed by atoms with van der Waals surface area (Å²) in [5.74, 6) is -0.299. The van der Waals surface area contributed by atoms with Gasteiger partial charge in [-0.05, 0) is 37.8 Å². The maximum atomic E-state index is 12.5. The first kappa shape index (κ1) is 18.4. The quantitative estimate of drug-likeness (QED) is 0.782. The third-order valence-electron chi connectivity index (χ3n) is 4.10. The number of aliphatic imine (C=N–C) groups is 1. The number of carbonyl (C=O) groups excluding carboxylic acids is 1. The van der Waals surface area contributed by atoms with Gasteiger partial charge in [-0.3, -0.25) is 0 Å². The lowest BCUT2D eigenvalue weighted by Gasteiger charge is -2.31. The summed E-state index contributed by atoms with van der Waals surface area (Å²) in [5.41, 5.74) is 3.59. The van der Waals surface area contributed by atoms with Crippen molar-refractivity contribution in [2.75, 3.05) is 38.9 Å². The molecule has 130 valence electrons. The molecule has 0 amide bonds. The number of nitrogens with zero attached hydrogens (tertiary/aromatic N) is 3. The average molecular weight is 347 g/mol. The van der Waals surface area contributed by atoms with Crippen LogP contribution in [0.2, 0.25) is 0 Å². The van der Waals surface area contributed by atoms with Gasteiger partial charge in [-0.2, -0.15) is 0 Å². The summed E-state index contributed by atoms with van der Waals surface area (Å²) in [7, 11) is 5.93. The van der Waals surface area contributed by atoms with Crippen LogP contribution in [0.3, 0.4) is 0 Å². The molecule has 0 N–H and O–H groups in total. The predicted octanol–water partition coefficient (Wildman–Crippen LogP) is 3.30. The fourth-order valence-electron chi connectivity index (χ4n) is 2.64. The van der Waals surface area contributed by atoms with Crippen molar-refractivity contribution in [2.24, 2.45) is 4.99 Å². The molecule has 24 heavy (non-hydrogen) atoms. The molecule has 1 aromatic rings. The van der Waals surface area contributed by atoms with E-state index in [-0.39, 0.29) is 12.0 Å². The van der Waals surface area contributed by atoms with Crippen molar-refractivity contribution in [1.82, 2.24) is 4.90 Å². The molecule has 6 heteroatoms. The van der Waals surface area contributed by atoms with Crippen molar-refractivity contribution in [1.29, 1.82) is 0 Å². The minimum Gasteiger partial charge on any atom is -0.463 e. The van der Waals surface area contributed by atoms with Crippen LogP contribution in [0.1, 0.15) is 25.5 Å². The van der Waals surface area contributed by atoms with Crippen LogP contribution in [-0.4, -0.2) is 50.0 Å². The number of ether oxygens (including phenoxy) is 1. The van der Waals surface area contributed by atoms with Crippen LogP contribution in [0, 0.1) is 0 Å². The minimum atomic E-state index is -0.334. The normalized spacial score (nSPS) is 17.7. The number of anilines is 1. The van der Waals surface area contributed by atoms with E-state index in [4.69, 9.17) is 9.73 Å². The van der Waals surface area contributed by atoms with E-state index in [0.717, 1.165) is 22.1 Å². The Bertz CT molecular complexity index is 665. The molecule has 0 aromatic heterocycles. The lowest BCUT2D eigenvalue weighted by Crippen LogP contribution is -2.32. The SMILES string of the molecule is CCOC(=O)C1=C(C)N(C)C(SC)=NC1c1ccc(N(C)C)cc1. The highest BCUT2D eigenvalue weighted by Gasteiger charge is 2.32. The zero-order chi connectivity index (χ0) is 17.9. The van der Waals surface area contributed by atoms with Gasteiger partial charge in [0, 0.05) is 32.5 Å². The van der Waals surface area contributed by atoms with Crippen LogP contribution in [0.25, 0.3) is 0 Å². The molecule has 1 aliphatic rings. The molecule has 0 saturated heterocycles. The lowest BCUT2D eigenvalue weighted by molar-refractivity contribution is -0.139. The molecule has 1 aromatic carbocycles. The Kier molecular flexibility index (Phi) is 5.94. The number of esters is 1. The second kappa shape index (κ2) is 7.75. The molecule has 2 rings (SSSR count). The van der Waals surface area contributed by atoms with E-state index in [1.807, 2.05) is 75.3 Å². The van der Waals surface area contributed by atoms with Crippen LogP contribution < -0.4 is 4.90 Å². The summed E-state index contributed by atoms with van der Waals surface area (Å²) in [6, 6.07) is 7.80. The number of hydrogen-bond acceptors (Lipinski definition) is 6. The standard InChI is InChI=1S/C18H25N3O2S/c1-7-23-17(22)15-12(2)21(5)18(24-6)19-16(15)13-8-10-14(11-9-13)20(3)4/h8-11,16H,7H2,1-6H3. The van der Waals surface area contributed by atoms with Gasteiger partial charge in [0.05, 0.1) is 12.2 Å². The smallest absolute Gasteiger partial charge is 0.338 e. The van der Waals surface area contributed by atoms with E-state index in [9.17, 15) is 4.79 Å². The molecule has 0 fully saturated rings. The highest BCUT2D eigenvalue weighted by atomic mass is 32.2. The van der Waals surface area contributed by atoms with Gasteiger partial charge in [-0.25, -0.2) is 9.79 Å². The average Bonchev–Trinajstić information content (AvgIpc) is 2.57. The Labute approximate surface area is 148 Å². The van der Waals surface area contributed by atoms with E-state index in [1.54, 1.807) is 11.8 Å². The van der Waals surface area contributed by atoms with Crippen molar-refractivity contribution in [2.45, 2.75) is 19.9 Å². The number of allylic oxidation sites excluding steroid dienone is 1. The largest absolute Gasteiger partial charge is 0.463 e. The highest BCUT2D eigenvalue weighted by molar-refractivity contribution is 8.13. The molecule has 0 aliphatic carbocycles. The summed E-state index contributed by atoms with van der Waals surface area (Å²) in [6.45, 7) is 4.11. The molecule has 1 aliphatic heterocycles. The fourth-order valence-corrected chi connectivity index (χ4v) is 3.26. The third-order valence-corrected chi connectivity index (χ3v) is 4.84. The maximum absolute atomic E-state index is 12.5. The zero-order valence-corrected chi connectivity index (χ0v) is 16.0. The summed E-state index contributed by atoms with van der Waals surface area (Å²) in [5, 5.41) is 0.891. The van der Waals surface area contributed by atoms with Crippen molar-refractivity contribution < 1.29 is 9.53 Å². The molecule has 1 atom stereocenters. The predicted molar refractivity (Wildman–Crippen MR) is 102 cm³/mol. The van der Waals surface area contributed by atoms with Gasteiger partial charge < -0.3 is 14.5 Å². The Morgan fingerprint density at radius 2 is 1.96 bits per heavy atom. The molecular formula is C18H25N3O2S. The molecule has 5 nitrogen and oxygen atoms in total.